The number of rotatable bonds is 6. The van der Waals surface area contributed by atoms with Crippen molar-refractivity contribution in [3.05, 3.63) is 17.0 Å². The van der Waals surface area contributed by atoms with Gasteiger partial charge in [0.15, 0.2) is 0 Å². The van der Waals surface area contributed by atoms with E-state index in [4.69, 9.17) is 11.6 Å². The van der Waals surface area contributed by atoms with Gasteiger partial charge in [-0.15, -0.1) is 0 Å². The van der Waals surface area contributed by atoms with Gasteiger partial charge in [0.2, 0.25) is 0 Å². The minimum atomic E-state index is 0.406. The van der Waals surface area contributed by atoms with E-state index in [2.05, 4.69) is 29.1 Å². The first kappa shape index (κ1) is 13.6. The number of hydrogen-bond donors (Lipinski definition) is 1. The Morgan fingerprint density at radius 1 is 1.50 bits per heavy atom. The molecule has 0 aromatic carbocycles. The van der Waals surface area contributed by atoms with E-state index < -0.39 is 0 Å². The van der Waals surface area contributed by atoms with Crippen molar-refractivity contribution in [2.24, 2.45) is 0 Å². The summed E-state index contributed by atoms with van der Waals surface area (Å²) < 4.78 is 0. The predicted molar refractivity (Wildman–Crippen MR) is 72.5 cm³/mol. The van der Waals surface area contributed by atoms with Crippen LogP contribution in [0.2, 0.25) is 5.15 Å². The van der Waals surface area contributed by atoms with Crippen LogP contribution in [0, 0.1) is 6.92 Å². The molecule has 0 radical (unpaired) electrons. The van der Waals surface area contributed by atoms with E-state index in [0.717, 1.165) is 17.8 Å². The lowest BCUT2D eigenvalue weighted by atomic mass is 10.2. The van der Waals surface area contributed by atoms with Crippen molar-refractivity contribution in [2.45, 2.75) is 33.2 Å². The predicted octanol–water partition coefficient (Wildman–Crippen LogP) is 3.38. The molecule has 5 heteroatoms. The van der Waals surface area contributed by atoms with Crippen molar-refractivity contribution in [2.75, 3.05) is 16.8 Å². The van der Waals surface area contributed by atoms with Crippen LogP contribution < -0.4 is 5.32 Å². The van der Waals surface area contributed by atoms with Crippen LogP contribution in [-0.4, -0.2) is 27.5 Å². The highest BCUT2D eigenvalue weighted by Gasteiger charge is 2.07. The van der Waals surface area contributed by atoms with Gasteiger partial charge in [0, 0.05) is 11.6 Å². The third-order valence-electron chi connectivity index (χ3n) is 2.31. The molecule has 1 aromatic heterocycles. The van der Waals surface area contributed by atoms with Crippen molar-refractivity contribution >= 4 is 29.2 Å². The monoisotopic (exact) mass is 259 g/mol. The Bertz CT molecular complexity index is 333. The van der Waals surface area contributed by atoms with E-state index in [0.29, 0.717) is 11.2 Å². The maximum absolute atomic E-state index is 5.93. The number of aromatic nitrogens is 2. The lowest BCUT2D eigenvalue weighted by Gasteiger charge is -2.15. The molecule has 1 atom stereocenters. The quantitative estimate of drug-likeness (QED) is 0.628. The van der Waals surface area contributed by atoms with E-state index >= 15 is 0 Å². The first-order valence-corrected chi connectivity index (χ1v) is 6.99. The zero-order valence-corrected chi connectivity index (χ0v) is 11.5. The molecule has 0 amide bonds. The lowest BCUT2D eigenvalue weighted by Crippen LogP contribution is -2.18. The maximum Gasteiger partial charge on any atom is 0.137 e. The highest BCUT2D eigenvalue weighted by Crippen LogP contribution is 2.19. The van der Waals surface area contributed by atoms with Gasteiger partial charge in [-0.3, -0.25) is 0 Å². The minimum Gasteiger partial charge on any atom is -0.367 e. The molecule has 0 aliphatic rings. The van der Waals surface area contributed by atoms with E-state index in [9.17, 15) is 0 Å². The Morgan fingerprint density at radius 2 is 2.25 bits per heavy atom. The van der Waals surface area contributed by atoms with Crippen LogP contribution in [0.5, 0.6) is 0 Å². The van der Waals surface area contributed by atoms with Crippen molar-refractivity contribution in [3.8, 4) is 0 Å². The smallest absolute Gasteiger partial charge is 0.137 e. The number of thioether (sulfide) groups is 1. The van der Waals surface area contributed by atoms with Gasteiger partial charge in [-0.1, -0.05) is 18.5 Å². The molecular formula is C11H18ClN3S. The molecule has 1 aromatic rings. The van der Waals surface area contributed by atoms with E-state index in [1.807, 2.05) is 18.7 Å². The van der Waals surface area contributed by atoms with Crippen molar-refractivity contribution < 1.29 is 0 Å². The number of nitrogens with zero attached hydrogens (tertiary/aromatic N) is 2. The Labute approximate surface area is 106 Å². The minimum absolute atomic E-state index is 0.406. The van der Waals surface area contributed by atoms with Gasteiger partial charge >= 0.3 is 0 Å². The second-order valence-corrected chi connectivity index (χ2v) is 5.42. The summed E-state index contributed by atoms with van der Waals surface area (Å²) in [6, 6.07) is 0.406. The van der Waals surface area contributed by atoms with Gasteiger partial charge in [-0.2, -0.15) is 11.8 Å². The molecule has 1 N–H and O–H groups in total. The standard InChI is InChI=1S/C11H18ClN3S/c1-4-16-6-5-8(2)15-11-9(3)10(12)13-7-14-11/h7-8H,4-6H2,1-3H3,(H,13,14,15). The summed E-state index contributed by atoms with van der Waals surface area (Å²) in [5, 5.41) is 3.88. The largest absolute Gasteiger partial charge is 0.367 e. The maximum atomic E-state index is 5.93. The number of anilines is 1. The van der Waals surface area contributed by atoms with Crippen LogP contribution in [0.25, 0.3) is 0 Å². The molecule has 0 aliphatic carbocycles. The highest BCUT2D eigenvalue weighted by molar-refractivity contribution is 7.99. The van der Waals surface area contributed by atoms with Crippen LogP contribution in [-0.2, 0) is 0 Å². The molecule has 0 fully saturated rings. The van der Waals surface area contributed by atoms with Crippen molar-refractivity contribution in [1.29, 1.82) is 0 Å². The van der Waals surface area contributed by atoms with Gasteiger partial charge in [0.25, 0.3) is 0 Å². The molecule has 90 valence electrons. The number of halogens is 1. The molecule has 0 saturated heterocycles. The average molecular weight is 260 g/mol. The van der Waals surface area contributed by atoms with E-state index in [-0.39, 0.29) is 0 Å². The van der Waals surface area contributed by atoms with Gasteiger partial charge in [-0.25, -0.2) is 9.97 Å². The summed E-state index contributed by atoms with van der Waals surface area (Å²) in [5.74, 6) is 3.18. The first-order valence-electron chi connectivity index (χ1n) is 5.46. The number of nitrogens with one attached hydrogen (secondary N) is 1. The Morgan fingerprint density at radius 3 is 2.94 bits per heavy atom. The molecule has 0 bridgehead atoms. The summed E-state index contributed by atoms with van der Waals surface area (Å²) in [7, 11) is 0. The topological polar surface area (TPSA) is 37.8 Å². The van der Waals surface area contributed by atoms with Crippen LogP contribution in [0.3, 0.4) is 0 Å². The fourth-order valence-corrected chi connectivity index (χ4v) is 2.23. The molecule has 1 rings (SSSR count). The second kappa shape index (κ2) is 6.97. The molecule has 0 spiro atoms. The van der Waals surface area contributed by atoms with Gasteiger partial charge in [0.05, 0.1) is 0 Å². The Kier molecular flexibility index (Phi) is 5.91. The molecule has 16 heavy (non-hydrogen) atoms. The first-order chi connectivity index (χ1) is 7.65. The van der Waals surface area contributed by atoms with Crippen LogP contribution >= 0.6 is 23.4 Å². The highest BCUT2D eigenvalue weighted by atomic mass is 35.5. The number of hydrogen-bond acceptors (Lipinski definition) is 4. The fourth-order valence-electron chi connectivity index (χ4n) is 1.28. The molecule has 0 saturated carbocycles. The summed E-state index contributed by atoms with van der Waals surface area (Å²) in [4.78, 5) is 8.13. The van der Waals surface area contributed by atoms with Crippen molar-refractivity contribution in [3.63, 3.8) is 0 Å². The molecule has 3 nitrogen and oxygen atoms in total. The molecule has 0 aliphatic heterocycles. The zero-order valence-electron chi connectivity index (χ0n) is 9.96. The van der Waals surface area contributed by atoms with E-state index in [1.54, 1.807) is 0 Å². The van der Waals surface area contributed by atoms with Crippen molar-refractivity contribution in [1.82, 2.24) is 9.97 Å². The van der Waals surface area contributed by atoms with Gasteiger partial charge < -0.3 is 5.32 Å². The molecule has 1 unspecified atom stereocenters. The summed E-state index contributed by atoms with van der Waals surface area (Å²) in [5.41, 5.74) is 0.916. The summed E-state index contributed by atoms with van der Waals surface area (Å²) >= 11 is 7.88. The second-order valence-electron chi connectivity index (χ2n) is 3.67. The third-order valence-corrected chi connectivity index (χ3v) is 3.62. The van der Waals surface area contributed by atoms with Crippen LogP contribution in [0.4, 0.5) is 5.82 Å². The average Bonchev–Trinajstić information content (AvgIpc) is 2.25. The van der Waals surface area contributed by atoms with E-state index in [1.165, 1.54) is 17.8 Å². The molecular weight excluding hydrogens is 242 g/mol. The molecule has 1 heterocycles. The van der Waals surface area contributed by atoms with Gasteiger partial charge in [-0.05, 0) is 31.8 Å². The normalized spacial score (nSPS) is 12.5. The lowest BCUT2D eigenvalue weighted by molar-refractivity contribution is 0.764. The summed E-state index contributed by atoms with van der Waals surface area (Å²) in [6.07, 6.45) is 2.62. The van der Waals surface area contributed by atoms with Crippen LogP contribution in [0.15, 0.2) is 6.33 Å². The van der Waals surface area contributed by atoms with Gasteiger partial charge in [0.1, 0.15) is 17.3 Å². The Hall–Kier alpha value is -0.480. The summed E-state index contributed by atoms with van der Waals surface area (Å²) in [6.45, 7) is 6.26. The van der Waals surface area contributed by atoms with Crippen LogP contribution in [0.1, 0.15) is 25.8 Å². The third kappa shape index (κ3) is 4.18. The Balaban J connectivity index is 2.49. The zero-order chi connectivity index (χ0) is 12.0. The fraction of sp³-hybridized carbons (Fsp3) is 0.636. The SMILES string of the molecule is CCSCCC(C)Nc1ncnc(Cl)c1C.